The van der Waals surface area contributed by atoms with Crippen molar-refractivity contribution in [3.63, 3.8) is 0 Å². The Kier molecular flexibility index (Phi) is 7.76. The lowest BCUT2D eigenvalue weighted by Gasteiger charge is -2.14. The number of benzene rings is 2. The van der Waals surface area contributed by atoms with Crippen molar-refractivity contribution in [1.29, 1.82) is 0 Å². The fourth-order valence-corrected chi connectivity index (χ4v) is 4.36. The van der Waals surface area contributed by atoms with Crippen LogP contribution < -0.4 is 10.6 Å². The van der Waals surface area contributed by atoms with Gasteiger partial charge in [0.2, 0.25) is 5.91 Å². The number of alkyl carbamates (subject to hydrolysis) is 1. The van der Waals surface area contributed by atoms with Gasteiger partial charge in [0.25, 0.3) is 0 Å². The van der Waals surface area contributed by atoms with Crippen molar-refractivity contribution in [1.82, 2.24) is 10.6 Å². The number of carbonyl (C=O) groups excluding carboxylic acids is 2. The molecular formula is C25H28N2O7. The Morgan fingerprint density at radius 2 is 1.65 bits per heavy atom. The molecule has 2 atom stereocenters. The summed E-state index contributed by atoms with van der Waals surface area (Å²) in [4.78, 5) is 34.8. The molecule has 9 nitrogen and oxygen atoms in total. The first-order chi connectivity index (χ1) is 16.5. The lowest BCUT2D eigenvalue weighted by Crippen LogP contribution is -2.36. The summed E-state index contributed by atoms with van der Waals surface area (Å²) in [7, 11) is 0. The quantitative estimate of drug-likeness (QED) is 0.457. The predicted octanol–water partition coefficient (Wildman–Crippen LogP) is 2.29. The normalized spacial score (nSPS) is 18.7. The van der Waals surface area contributed by atoms with E-state index in [2.05, 4.69) is 34.9 Å². The largest absolute Gasteiger partial charge is 0.479 e. The van der Waals surface area contributed by atoms with Gasteiger partial charge >= 0.3 is 12.1 Å². The van der Waals surface area contributed by atoms with Crippen molar-refractivity contribution in [3.05, 3.63) is 59.7 Å². The van der Waals surface area contributed by atoms with Crippen LogP contribution >= 0.6 is 0 Å². The Balaban J connectivity index is 1.10. The molecule has 1 saturated heterocycles. The second-order valence-electron chi connectivity index (χ2n) is 8.27. The number of carboxylic acid groups (broad SMARTS) is 1. The zero-order valence-corrected chi connectivity index (χ0v) is 18.7. The molecule has 0 radical (unpaired) electrons. The third kappa shape index (κ3) is 5.73. The summed E-state index contributed by atoms with van der Waals surface area (Å²) >= 11 is 0. The fraction of sp³-hybridized carbons (Fsp3) is 0.400. The summed E-state index contributed by atoms with van der Waals surface area (Å²) in [5.74, 6) is -1.32. The van der Waals surface area contributed by atoms with Gasteiger partial charge in [-0.15, -0.1) is 0 Å². The number of aliphatic carboxylic acids is 1. The number of hydrogen-bond acceptors (Lipinski definition) is 6. The standard InChI is InChI=1S/C25H28N2O7/c28-23(27-13-16-9-10-22(34-16)24(29)30)15-32-12-11-26-25(31)33-14-21-19-7-3-1-5-17(19)18-6-2-4-8-20(18)21/h1-8,16,21-22H,9-15H2,(H,26,31)(H,27,28)(H,29,30). The van der Waals surface area contributed by atoms with Crippen LogP contribution in [0.3, 0.4) is 0 Å². The minimum Gasteiger partial charge on any atom is -0.479 e. The Bertz CT molecular complexity index is 996. The minimum atomic E-state index is -0.985. The first kappa shape index (κ1) is 23.7. The van der Waals surface area contributed by atoms with Crippen LogP contribution in [0.2, 0.25) is 0 Å². The topological polar surface area (TPSA) is 123 Å². The molecule has 2 unspecified atom stereocenters. The predicted molar refractivity (Wildman–Crippen MR) is 122 cm³/mol. The van der Waals surface area contributed by atoms with Crippen LogP contribution in [0.15, 0.2) is 48.5 Å². The molecule has 0 aromatic heterocycles. The molecule has 9 heteroatoms. The van der Waals surface area contributed by atoms with Gasteiger partial charge in [0.05, 0.1) is 12.7 Å². The van der Waals surface area contributed by atoms with Crippen LogP contribution in [-0.4, -0.2) is 68.2 Å². The van der Waals surface area contributed by atoms with Gasteiger partial charge in [-0.3, -0.25) is 4.79 Å². The van der Waals surface area contributed by atoms with E-state index < -0.39 is 18.2 Å². The van der Waals surface area contributed by atoms with Crippen LogP contribution in [-0.2, 0) is 23.8 Å². The van der Waals surface area contributed by atoms with E-state index in [1.54, 1.807) is 0 Å². The average Bonchev–Trinajstić information content (AvgIpc) is 3.44. The van der Waals surface area contributed by atoms with Crippen molar-refractivity contribution >= 4 is 18.0 Å². The molecule has 2 amide bonds. The van der Waals surface area contributed by atoms with E-state index in [4.69, 9.17) is 19.3 Å². The maximum atomic E-state index is 12.1. The molecule has 3 N–H and O–H groups in total. The first-order valence-corrected chi connectivity index (χ1v) is 11.3. The number of ether oxygens (including phenoxy) is 3. The summed E-state index contributed by atoms with van der Waals surface area (Å²) in [5.41, 5.74) is 4.62. The molecule has 4 rings (SSSR count). The molecule has 1 heterocycles. The second kappa shape index (κ2) is 11.1. The number of carboxylic acids is 1. The third-order valence-corrected chi connectivity index (χ3v) is 6.00. The van der Waals surface area contributed by atoms with Gasteiger partial charge in [0.15, 0.2) is 6.10 Å². The number of amides is 2. The molecule has 1 aliphatic heterocycles. The number of fused-ring (bicyclic) bond motifs is 3. The maximum Gasteiger partial charge on any atom is 0.407 e. The average molecular weight is 469 g/mol. The number of nitrogens with one attached hydrogen (secondary N) is 2. The van der Waals surface area contributed by atoms with Gasteiger partial charge in [0, 0.05) is 19.0 Å². The minimum absolute atomic E-state index is 0.00674. The van der Waals surface area contributed by atoms with Gasteiger partial charge in [-0.25, -0.2) is 9.59 Å². The summed E-state index contributed by atoms with van der Waals surface area (Å²) in [6.07, 6.45) is -0.625. The first-order valence-electron chi connectivity index (χ1n) is 11.3. The van der Waals surface area contributed by atoms with E-state index in [-0.39, 0.29) is 50.8 Å². The maximum absolute atomic E-state index is 12.1. The van der Waals surface area contributed by atoms with Gasteiger partial charge in [-0.05, 0) is 35.1 Å². The van der Waals surface area contributed by atoms with Crippen molar-refractivity contribution in [2.75, 3.05) is 32.9 Å². The molecule has 2 aliphatic rings. The van der Waals surface area contributed by atoms with Gasteiger partial charge < -0.3 is 30.0 Å². The Labute approximate surface area is 197 Å². The van der Waals surface area contributed by atoms with Crippen LogP contribution in [0.5, 0.6) is 0 Å². The zero-order valence-electron chi connectivity index (χ0n) is 18.7. The SMILES string of the molecule is O=C(COCCNC(=O)OCC1c2ccccc2-c2ccccc21)NCC1CCC(C(=O)O)O1. The van der Waals surface area contributed by atoms with Gasteiger partial charge in [0.1, 0.15) is 13.2 Å². The molecular weight excluding hydrogens is 440 g/mol. The summed E-state index contributed by atoms with van der Waals surface area (Å²) in [6.45, 7) is 0.662. The summed E-state index contributed by atoms with van der Waals surface area (Å²) in [5, 5.41) is 14.2. The van der Waals surface area contributed by atoms with Gasteiger partial charge in [-0.1, -0.05) is 48.5 Å². The fourth-order valence-electron chi connectivity index (χ4n) is 4.36. The van der Waals surface area contributed by atoms with E-state index in [9.17, 15) is 14.4 Å². The highest BCUT2D eigenvalue weighted by molar-refractivity contribution is 5.79. The van der Waals surface area contributed by atoms with E-state index in [0.29, 0.717) is 12.8 Å². The van der Waals surface area contributed by atoms with Crippen LogP contribution in [0.1, 0.15) is 29.9 Å². The molecule has 1 aliphatic carbocycles. The molecule has 2 aromatic carbocycles. The van der Waals surface area contributed by atoms with Crippen LogP contribution in [0, 0.1) is 0 Å². The Hall–Kier alpha value is -3.43. The lowest BCUT2D eigenvalue weighted by atomic mass is 9.98. The van der Waals surface area contributed by atoms with Crippen LogP contribution in [0.25, 0.3) is 11.1 Å². The van der Waals surface area contributed by atoms with Crippen molar-refractivity contribution in [2.24, 2.45) is 0 Å². The molecule has 2 aromatic rings. The van der Waals surface area contributed by atoms with Crippen molar-refractivity contribution in [3.8, 4) is 11.1 Å². The van der Waals surface area contributed by atoms with Crippen molar-refractivity contribution < 1.29 is 33.7 Å². The van der Waals surface area contributed by atoms with Crippen LogP contribution in [0.4, 0.5) is 4.79 Å². The number of hydrogen-bond donors (Lipinski definition) is 3. The highest BCUT2D eigenvalue weighted by atomic mass is 16.5. The molecule has 1 fully saturated rings. The molecule has 34 heavy (non-hydrogen) atoms. The summed E-state index contributed by atoms with van der Waals surface area (Å²) < 4.78 is 16.0. The highest BCUT2D eigenvalue weighted by Gasteiger charge is 2.31. The number of carbonyl (C=O) groups is 3. The van der Waals surface area contributed by atoms with Gasteiger partial charge in [-0.2, -0.15) is 0 Å². The third-order valence-electron chi connectivity index (χ3n) is 6.00. The molecule has 0 saturated carbocycles. The van der Waals surface area contributed by atoms with E-state index in [0.717, 1.165) is 11.1 Å². The van der Waals surface area contributed by atoms with E-state index in [1.165, 1.54) is 11.1 Å². The molecule has 0 bridgehead atoms. The highest BCUT2D eigenvalue weighted by Crippen LogP contribution is 2.44. The molecule has 180 valence electrons. The number of rotatable bonds is 10. The van der Waals surface area contributed by atoms with E-state index in [1.807, 2.05) is 24.3 Å². The Morgan fingerprint density at radius 3 is 2.29 bits per heavy atom. The Morgan fingerprint density at radius 1 is 0.971 bits per heavy atom. The second-order valence-corrected chi connectivity index (χ2v) is 8.27. The van der Waals surface area contributed by atoms with Crippen molar-refractivity contribution in [2.45, 2.75) is 31.0 Å². The monoisotopic (exact) mass is 468 g/mol. The summed E-state index contributed by atoms with van der Waals surface area (Å²) in [6, 6.07) is 16.3. The van der Waals surface area contributed by atoms with E-state index >= 15 is 0 Å². The lowest BCUT2D eigenvalue weighted by molar-refractivity contribution is -0.149. The zero-order chi connectivity index (χ0) is 23.9. The smallest absolute Gasteiger partial charge is 0.407 e. The molecule has 0 spiro atoms.